The smallest absolute Gasteiger partial charge is 0.250 e. The van der Waals surface area contributed by atoms with E-state index < -0.39 is 11.3 Å². The predicted octanol–water partition coefficient (Wildman–Crippen LogP) is 2.02. The molecule has 0 bridgehead atoms. The van der Waals surface area contributed by atoms with Gasteiger partial charge in [-0.25, -0.2) is 8.78 Å². The van der Waals surface area contributed by atoms with Crippen molar-refractivity contribution in [1.82, 2.24) is 0 Å². The number of hydrogen-bond donors (Lipinski definition) is 1. The molecule has 1 nitrogen and oxygen atoms in total. The largest absolute Gasteiger partial charge is 0.330 e. The van der Waals surface area contributed by atoms with Gasteiger partial charge in [0.05, 0.1) is 0 Å². The number of nitrogens with two attached hydrogens (primary N) is 1. The maximum absolute atomic E-state index is 12.6. The molecule has 62 valence electrons. The van der Waals surface area contributed by atoms with E-state index in [9.17, 15) is 8.78 Å². The topological polar surface area (TPSA) is 26.0 Å². The molecule has 0 rings (SSSR count). The molecule has 0 aliphatic rings. The molecule has 0 aromatic carbocycles. The molecule has 0 saturated heterocycles. The van der Waals surface area contributed by atoms with Gasteiger partial charge >= 0.3 is 0 Å². The summed E-state index contributed by atoms with van der Waals surface area (Å²) < 4.78 is 25.3. The van der Waals surface area contributed by atoms with Crippen molar-refractivity contribution in [1.29, 1.82) is 0 Å². The van der Waals surface area contributed by atoms with E-state index in [0.717, 1.165) is 6.92 Å². The van der Waals surface area contributed by atoms with Gasteiger partial charge in [0.25, 0.3) is 0 Å². The normalized spacial score (nSPS) is 13.8. The van der Waals surface area contributed by atoms with Crippen LogP contribution < -0.4 is 5.73 Å². The maximum Gasteiger partial charge on any atom is 0.250 e. The molecular weight excluding hydrogens is 136 g/mol. The fourth-order valence-corrected chi connectivity index (χ4v) is 0.580. The zero-order valence-electron chi connectivity index (χ0n) is 6.75. The van der Waals surface area contributed by atoms with E-state index in [1.54, 1.807) is 0 Å². The van der Waals surface area contributed by atoms with Crippen LogP contribution in [0.1, 0.15) is 27.2 Å². The summed E-state index contributed by atoms with van der Waals surface area (Å²) in [7, 11) is 0. The maximum atomic E-state index is 12.6. The molecule has 2 N–H and O–H groups in total. The van der Waals surface area contributed by atoms with Crippen LogP contribution in [-0.4, -0.2) is 12.5 Å². The van der Waals surface area contributed by atoms with Crippen molar-refractivity contribution < 1.29 is 8.78 Å². The van der Waals surface area contributed by atoms with Gasteiger partial charge in [-0.3, -0.25) is 0 Å². The van der Waals surface area contributed by atoms with Gasteiger partial charge in [0.2, 0.25) is 5.92 Å². The highest BCUT2D eigenvalue weighted by Crippen LogP contribution is 2.37. The summed E-state index contributed by atoms with van der Waals surface area (Å²) in [4.78, 5) is 0. The van der Waals surface area contributed by atoms with E-state index in [1.165, 1.54) is 13.8 Å². The second-order valence-corrected chi connectivity index (χ2v) is 3.31. The summed E-state index contributed by atoms with van der Waals surface area (Å²) in [6, 6.07) is 0. The monoisotopic (exact) mass is 151 g/mol. The molecule has 0 spiro atoms. The third-order valence-corrected chi connectivity index (χ3v) is 1.96. The van der Waals surface area contributed by atoms with E-state index >= 15 is 0 Å². The Hall–Kier alpha value is -0.180. The molecule has 0 fully saturated rings. The van der Waals surface area contributed by atoms with Crippen LogP contribution in [0, 0.1) is 5.41 Å². The predicted molar refractivity (Wildman–Crippen MR) is 38.1 cm³/mol. The minimum absolute atomic E-state index is 0.316. The van der Waals surface area contributed by atoms with Crippen molar-refractivity contribution in [2.45, 2.75) is 33.1 Å². The first-order valence-corrected chi connectivity index (χ1v) is 3.39. The summed E-state index contributed by atoms with van der Waals surface area (Å²) in [5.41, 5.74) is 4.21. The number of halogens is 2. The van der Waals surface area contributed by atoms with Crippen molar-refractivity contribution in [2.75, 3.05) is 6.54 Å². The standard InChI is InChI=1S/C7H15F2N/c1-6(2,4-5-10)7(3,8)9/h4-5,10H2,1-3H3. The molecule has 0 amide bonds. The van der Waals surface area contributed by atoms with Gasteiger partial charge in [-0.1, -0.05) is 13.8 Å². The summed E-state index contributed by atoms with van der Waals surface area (Å²) >= 11 is 0. The first kappa shape index (κ1) is 9.82. The van der Waals surface area contributed by atoms with Gasteiger partial charge in [-0.05, 0) is 19.9 Å². The van der Waals surface area contributed by atoms with E-state index in [2.05, 4.69) is 0 Å². The van der Waals surface area contributed by atoms with E-state index in [0.29, 0.717) is 13.0 Å². The zero-order chi connectivity index (χ0) is 8.41. The fraction of sp³-hybridized carbons (Fsp3) is 1.00. The lowest BCUT2D eigenvalue weighted by atomic mass is 9.83. The lowest BCUT2D eigenvalue weighted by Gasteiger charge is -2.30. The number of hydrogen-bond acceptors (Lipinski definition) is 1. The fourth-order valence-electron chi connectivity index (χ4n) is 0.580. The van der Waals surface area contributed by atoms with E-state index in [1.807, 2.05) is 0 Å². The van der Waals surface area contributed by atoms with Crippen LogP contribution in [0.4, 0.5) is 8.78 Å². The molecular formula is C7H15F2N. The van der Waals surface area contributed by atoms with Gasteiger partial charge in [-0.15, -0.1) is 0 Å². The Bertz CT molecular complexity index is 105. The molecule has 10 heavy (non-hydrogen) atoms. The molecule has 3 heteroatoms. The lowest BCUT2D eigenvalue weighted by molar-refractivity contribution is -0.0908. The quantitative estimate of drug-likeness (QED) is 0.656. The van der Waals surface area contributed by atoms with Gasteiger partial charge in [0, 0.05) is 5.41 Å². The van der Waals surface area contributed by atoms with Crippen molar-refractivity contribution >= 4 is 0 Å². The van der Waals surface area contributed by atoms with Gasteiger partial charge in [0.15, 0.2) is 0 Å². The van der Waals surface area contributed by atoms with Crippen molar-refractivity contribution in [3.63, 3.8) is 0 Å². The third kappa shape index (κ3) is 2.21. The number of alkyl halides is 2. The van der Waals surface area contributed by atoms with Crippen LogP contribution in [0.5, 0.6) is 0 Å². The van der Waals surface area contributed by atoms with E-state index in [4.69, 9.17) is 5.73 Å². The third-order valence-electron chi connectivity index (χ3n) is 1.96. The molecule has 0 aromatic heterocycles. The summed E-state index contributed by atoms with van der Waals surface area (Å²) in [5.74, 6) is -2.63. The van der Waals surface area contributed by atoms with Gasteiger partial charge in [-0.2, -0.15) is 0 Å². The van der Waals surface area contributed by atoms with Gasteiger partial charge in [0.1, 0.15) is 0 Å². The van der Waals surface area contributed by atoms with E-state index in [-0.39, 0.29) is 0 Å². The Morgan fingerprint density at radius 2 is 1.60 bits per heavy atom. The van der Waals surface area contributed by atoms with Crippen molar-refractivity contribution in [3.05, 3.63) is 0 Å². The highest BCUT2D eigenvalue weighted by Gasteiger charge is 2.40. The minimum Gasteiger partial charge on any atom is -0.330 e. The molecule has 0 heterocycles. The lowest BCUT2D eigenvalue weighted by Crippen LogP contribution is -2.35. The van der Waals surface area contributed by atoms with Crippen LogP contribution >= 0.6 is 0 Å². The molecule has 0 unspecified atom stereocenters. The van der Waals surface area contributed by atoms with Crippen molar-refractivity contribution in [2.24, 2.45) is 11.1 Å². The molecule has 0 saturated carbocycles. The highest BCUT2D eigenvalue weighted by molar-refractivity contribution is 4.81. The molecule has 0 aromatic rings. The summed E-state index contributed by atoms with van der Waals surface area (Å²) in [5, 5.41) is 0. The second kappa shape index (κ2) is 2.82. The molecule has 0 aliphatic heterocycles. The van der Waals surface area contributed by atoms with Crippen LogP contribution in [-0.2, 0) is 0 Å². The van der Waals surface area contributed by atoms with Gasteiger partial charge < -0.3 is 5.73 Å². The second-order valence-electron chi connectivity index (χ2n) is 3.31. The average molecular weight is 151 g/mol. The zero-order valence-corrected chi connectivity index (χ0v) is 6.75. The molecule has 0 radical (unpaired) electrons. The number of rotatable bonds is 3. The van der Waals surface area contributed by atoms with Crippen LogP contribution in [0.3, 0.4) is 0 Å². The van der Waals surface area contributed by atoms with Crippen LogP contribution in [0.2, 0.25) is 0 Å². The minimum atomic E-state index is -2.63. The van der Waals surface area contributed by atoms with Crippen molar-refractivity contribution in [3.8, 4) is 0 Å². The Labute approximate surface area is 60.6 Å². The Balaban J connectivity index is 4.10. The Morgan fingerprint density at radius 3 is 1.70 bits per heavy atom. The molecule has 0 aliphatic carbocycles. The van der Waals surface area contributed by atoms with Crippen LogP contribution in [0.25, 0.3) is 0 Å². The average Bonchev–Trinajstić information content (AvgIpc) is 1.61. The Morgan fingerprint density at radius 1 is 1.20 bits per heavy atom. The highest BCUT2D eigenvalue weighted by atomic mass is 19.3. The SMILES string of the molecule is CC(F)(F)C(C)(C)CCN. The summed E-state index contributed by atoms with van der Waals surface area (Å²) in [6.45, 7) is 4.30. The Kier molecular flexibility index (Phi) is 2.77. The summed E-state index contributed by atoms with van der Waals surface area (Å²) in [6.07, 6.45) is 0.358. The first-order valence-electron chi connectivity index (χ1n) is 3.39. The van der Waals surface area contributed by atoms with Crippen LogP contribution in [0.15, 0.2) is 0 Å². The molecule has 0 atom stereocenters. The first-order chi connectivity index (χ1) is 4.31.